The maximum Gasteiger partial charge on any atom is 0.135 e. The van der Waals surface area contributed by atoms with Gasteiger partial charge in [0.1, 0.15) is 5.82 Å². The lowest BCUT2D eigenvalue weighted by Gasteiger charge is -2.06. The van der Waals surface area contributed by atoms with Crippen LogP contribution in [0, 0.1) is 3.57 Å². The van der Waals surface area contributed by atoms with Crippen LogP contribution >= 0.6 is 45.8 Å². The summed E-state index contributed by atoms with van der Waals surface area (Å²) in [5.74, 6) is 0.645. The minimum Gasteiger partial charge on any atom is -0.383 e. The van der Waals surface area contributed by atoms with Gasteiger partial charge in [-0.25, -0.2) is 4.68 Å². The van der Waals surface area contributed by atoms with Crippen molar-refractivity contribution in [3.8, 4) is 0 Å². The molecule has 16 heavy (non-hydrogen) atoms. The smallest absolute Gasteiger partial charge is 0.135 e. The molecule has 6 heteroatoms. The Morgan fingerprint density at radius 3 is 2.69 bits per heavy atom. The van der Waals surface area contributed by atoms with Crippen LogP contribution in [-0.4, -0.2) is 9.78 Å². The second-order valence-corrected chi connectivity index (χ2v) is 5.28. The first-order chi connectivity index (χ1) is 7.58. The topological polar surface area (TPSA) is 43.8 Å². The molecule has 0 saturated heterocycles. The number of hydrogen-bond donors (Lipinski definition) is 1. The van der Waals surface area contributed by atoms with Crippen LogP contribution < -0.4 is 5.73 Å². The van der Waals surface area contributed by atoms with Crippen LogP contribution in [0.2, 0.25) is 10.0 Å². The van der Waals surface area contributed by atoms with E-state index >= 15 is 0 Å². The molecule has 0 amide bonds. The van der Waals surface area contributed by atoms with E-state index in [-0.39, 0.29) is 0 Å². The van der Waals surface area contributed by atoms with Crippen molar-refractivity contribution in [3.63, 3.8) is 0 Å². The molecule has 1 heterocycles. The summed E-state index contributed by atoms with van der Waals surface area (Å²) in [6.07, 6.45) is 1.72. The fourth-order valence-electron chi connectivity index (χ4n) is 1.31. The molecule has 3 nitrogen and oxygen atoms in total. The molecule has 0 spiro atoms. The maximum atomic E-state index is 6.07. The van der Waals surface area contributed by atoms with E-state index in [2.05, 4.69) is 27.7 Å². The molecular weight excluding hydrogens is 360 g/mol. The second kappa shape index (κ2) is 4.81. The van der Waals surface area contributed by atoms with Crippen molar-refractivity contribution in [2.24, 2.45) is 0 Å². The predicted octanol–water partition coefficient (Wildman–Crippen LogP) is 3.43. The van der Waals surface area contributed by atoms with Crippen molar-refractivity contribution in [1.29, 1.82) is 0 Å². The summed E-state index contributed by atoms with van der Waals surface area (Å²) < 4.78 is 2.64. The van der Waals surface area contributed by atoms with Crippen molar-refractivity contribution in [3.05, 3.63) is 43.6 Å². The summed E-state index contributed by atoms with van der Waals surface area (Å²) >= 11 is 14.0. The molecule has 0 unspecified atom stereocenters. The molecule has 2 aromatic rings. The van der Waals surface area contributed by atoms with Crippen LogP contribution in [0.1, 0.15) is 5.56 Å². The van der Waals surface area contributed by atoms with Gasteiger partial charge >= 0.3 is 0 Å². The number of rotatable bonds is 2. The van der Waals surface area contributed by atoms with Gasteiger partial charge in [-0.05, 0) is 40.3 Å². The third kappa shape index (κ3) is 2.44. The molecule has 0 aliphatic heterocycles. The Balaban J connectivity index is 2.30. The molecule has 2 rings (SSSR count). The fraction of sp³-hybridized carbons (Fsp3) is 0.100. The molecule has 0 aliphatic carbocycles. The molecule has 0 bridgehead atoms. The van der Waals surface area contributed by atoms with E-state index < -0.39 is 0 Å². The van der Waals surface area contributed by atoms with Crippen LogP contribution in [0.25, 0.3) is 0 Å². The Bertz CT molecular complexity index is 525. The zero-order valence-corrected chi connectivity index (χ0v) is 11.8. The largest absolute Gasteiger partial charge is 0.383 e. The summed E-state index contributed by atoms with van der Waals surface area (Å²) in [6.45, 7) is 0.546. The lowest BCUT2D eigenvalue weighted by atomic mass is 10.2. The molecular formula is C10H8Cl2IN3. The van der Waals surface area contributed by atoms with E-state index in [4.69, 9.17) is 28.9 Å². The predicted molar refractivity (Wildman–Crippen MR) is 74.9 cm³/mol. The minimum absolute atomic E-state index is 0.546. The van der Waals surface area contributed by atoms with Gasteiger partial charge in [0.25, 0.3) is 0 Å². The minimum atomic E-state index is 0.546. The second-order valence-electron chi connectivity index (χ2n) is 3.27. The van der Waals surface area contributed by atoms with E-state index in [1.54, 1.807) is 23.0 Å². The average Bonchev–Trinajstić information content (AvgIpc) is 2.54. The summed E-state index contributed by atoms with van der Waals surface area (Å²) in [7, 11) is 0. The molecule has 1 aromatic heterocycles. The Morgan fingerprint density at radius 1 is 1.38 bits per heavy atom. The quantitative estimate of drug-likeness (QED) is 0.826. The zero-order chi connectivity index (χ0) is 11.7. The lowest BCUT2D eigenvalue weighted by molar-refractivity contribution is 0.697. The highest BCUT2D eigenvalue weighted by Gasteiger charge is 2.07. The summed E-state index contributed by atoms with van der Waals surface area (Å²) in [4.78, 5) is 0. The highest BCUT2D eigenvalue weighted by Crippen LogP contribution is 2.23. The normalized spacial score (nSPS) is 10.7. The van der Waals surface area contributed by atoms with Crippen LogP contribution in [0.5, 0.6) is 0 Å². The Kier molecular flexibility index (Phi) is 3.61. The number of benzene rings is 1. The highest BCUT2D eigenvalue weighted by atomic mass is 127. The van der Waals surface area contributed by atoms with Gasteiger partial charge in [-0.2, -0.15) is 5.10 Å². The third-order valence-electron chi connectivity index (χ3n) is 2.17. The Hall–Kier alpha value is -0.460. The van der Waals surface area contributed by atoms with Gasteiger partial charge in [-0.1, -0.05) is 29.3 Å². The van der Waals surface area contributed by atoms with Crippen LogP contribution in [0.3, 0.4) is 0 Å². The van der Waals surface area contributed by atoms with Crippen molar-refractivity contribution < 1.29 is 0 Å². The van der Waals surface area contributed by atoms with E-state index in [0.717, 1.165) is 9.13 Å². The molecule has 0 aliphatic rings. The fourth-order valence-corrected chi connectivity index (χ4v) is 2.18. The van der Waals surface area contributed by atoms with Crippen molar-refractivity contribution in [1.82, 2.24) is 9.78 Å². The highest BCUT2D eigenvalue weighted by molar-refractivity contribution is 14.1. The van der Waals surface area contributed by atoms with Gasteiger partial charge in [0, 0.05) is 10.0 Å². The van der Waals surface area contributed by atoms with Crippen LogP contribution in [0.4, 0.5) is 5.82 Å². The number of aromatic nitrogens is 2. The Morgan fingerprint density at radius 2 is 2.12 bits per heavy atom. The zero-order valence-electron chi connectivity index (χ0n) is 8.12. The van der Waals surface area contributed by atoms with Gasteiger partial charge in [0.15, 0.2) is 0 Å². The first-order valence-corrected chi connectivity index (χ1v) is 6.32. The SMILES string of the molecule is Nc1c(I)cnn1Cc1ccc(Cl)cc1Cl. The van der Waals surface area contributed by atoms with Gasteiger partial charge in [0.2, 0.25) is 0 Å². The molecule has 0 radical (unpaired) electrons. The van der Waals surface area contributed by atoms with Crippen molar-refractivity contribution in [2.75, 3.05) is 5.73 Å². The molecule has 2 N–H and O–H groups in total. The van der Waals surface area contributed by atoms with E-state index in [1.807, 2.05) is 6.07 Å². The first kappa shape index (κ1) is 12.0. The van der Waals surface area contributed by atoms with Crippen molar-refractivity contribution >= 4 is 51.6 Å². The van der Waals surface area contributed by atoms with Crippen LogP contribution in [-0.2, 0) is 6.54 Å². The molecule has 1 aromatic carbocycles. The number of halogens is 3. The monoisotopic (exact) mass is 367 g/mol. The average molecular weight is 368 g/mol. The maximum absolute atomic E-state index is 6.07. The van der Waals surface area contributed by atoms with E-state index in [0.29, 0.717) is 22.4 Å². The van der Waals surface area contributed by atoms with Gasteiger partial charge in [-0.15, -0.1) is 0 Å². The van der Waals surface area contributed by atoms with Gasteiger partial charge in [0.05, 0.1) is 16.3 Å². The number of anilines is 1. The molecule has 0 fully saturated rings. The number of nitrogen functional groups attached to an aromatic ring is 1. The summed E-state index contributed by atoms with van der Waals surface area (Å²) in [5.41, 5.74) is 6.80. The summed E-state index contributed by atoms with van der Waals surface area (Å²) in [6, 6.07) is 5.38. The first-order valence-electron chi connectivity index (χ1n) is 4.48. The summed E-state index contributed by atoms with van der Waals surface area (Å²) in [5, 5.41) is 5.41. The van der Waals surface area contributed by atoms with Gasteiger partial charge < -0.3 is 5.73 Å². The molecule has 84 valence electrons. The molecule has 0 saturated carbocycles. The van der Waals surface area contributed by atoms with E-state index in [1.165, 1.54) is 0 Å². The lowest BCUT2D eigenvalue weighted by Crippen LogP contribution is -2.06. The van der Waals surface area contributed by atoms with Crippen LogP contribution in [0.15, 0.2) is 24.4 Å². The third-order valence-corrected chi connectivity index (χ3v) is 3.59. The number of hydrogen-bond acceptors (Lipinski definition) is 2. The van der Waals surface area contributed by atoms with Gasteiger partial charge in [-0.3, -0.25) is 0 Å². The Labute approximate surface area is 117 Å². The number of nitrogens with zero attached hydrogens (tertiary/aromatic N) is 2. The van der Waals surface area contributed by atoms with Crippen molar-refractivity contribution in [2.45, 2.75) is 6.54 Å². The number of nitrogens with two attached hydrogens (primary N) is 1. The van der Waals surface area contributed by atoms with E-state index in [9.17, 15) is 0 Å². The standard InChI is InChI=1S/C10H8Cl2IN3/c11-7-2-1-6(8(12)3-7)5-16-10(14)9(13)4-15-16/h1-4H,5,14H2. The molecule has 0 atom stereocenters.